The van der Waals surface area contributed by atoms with Crippen molar-refractivity contribution in [3.63, 3.8) is 0 Å². The molecule has 1 aliphatic rings. The second-order valence-corrected chi connectivity index (χ2v) is 7.46. The smallest absolute Gasteiger partial charge is 0.333 e. The maximum absolute atomic E-state index is 12.8. The number of para-hydroxylation sites is 1. The lowest BCUT2D eigenvalue weighted by molar-refractivity contribution is -0.113. The van der Waals surface area contributed by atoms with E-state index < -0.39 is 11.9 Å². The summed E-state index contributed by atoms with van der Waals surface area (Å²) in [5, 5.41) is 12.1. The zero-order valence-electron chi connectivity index (χ0n) is 17.5. The first-order chi connectivity index (χ1) is 16.0. The summed E-state index contributed by atoms with van der Waals surface area (Å²) in [4.78, 5) is 26.2. The van der Waals surface area contributed by atoms with Crippen LogP contribution in [-0.4, -0.2) is 19.0 Å². The number of urea groups is 1. The summed E-state index contributed by atoms with van der Waals surface area (Å²) in [7, 11) is 1.47. The lowest BCUT2D eigenvalue weighted by Crippen LogP contribution is -2.30. The molecular formula is C25H18ClN3O4. The summed E-state index contributed by atoms with van der Waals surface area (Å²) in [6, 6.07) is 20.6. The van der Waals surface area contributed by atoms with E-state index in [4.69, 9.17) is 21.1 Å². The molecule has 0 atom stereocenters. The van der Waals surface area contributed by atoms with Crippen LogP contribution in [0.5, 0.6) is 11.5 Å². The van der Waals surface area contributed by atoms with Gasteiger partial charge in [-0.1, -0.05) is 48.0 Å². The predicted octanol–water partition coefficient (Wildman–Crippen LogP) is 4.90. The van der Waals surface area contributed by atoms with Gasteiger partial charge < -0.3 is 14.8 Å². The first-order valence-electron chi connectivity index (χ1n) is 9.92. The van der Waals surface area contributed by atoms with Gasteiger partial charge in [0.05, 0.1) is 29.5 Å². The highest BCUT2D eigenvalue weighted by Gasteiger charge is 2.34. The maximum atomic E-state index is 12.8. The molecule has 0 spiro atoms. The van der Waals surface area contributed by atoms with E-state index in [0.29, 0.717) is 33.9 Å². The van der Waals surface area contributed by atoms with Gasteiger partial charge in [-0.2, -0.15) is 5.26 Å². The molecule has 1 N–H and O–H groups in total. The van der Waals surface area contributed by atoms with Crippen molar-refractivity contribution in [1.82, 2.24) is 5.32 Å². The molecule has 164 valence electrons. The summed E-state index contributed by atoms with van der Waals surface area (Å²) in [6.45, 7) is 0.126. The van der Waals surface area contributed by atoms with Crippen LogP contribution in [0.15, 0.2) is 72.4 Å². The fraction of sp³-hybridized carbons (Fsp3) is 0.0800. The highest BCUT2D eigenvalue weighted by Crippen LogP contribution is 2.38. The Morgan fingerprint density at radius 3 is 2.55 bits per heavy atom. The van der Waals surface area contributed by atoms with Gasteiger partial charge in [-0.25, -0.2) is 9.69 Å². The zero-order chi connectivity index (χ0) is 23.4. The molecule has 0 radical (unpaired) electrons. The second-order valence-electron chi connectivity index (χ2n) is 7.06. The number of methoxy groups -OCH3 is 1. The van der Waals surface area contributed by atoms with Crippen LogP contribution >= 0.6 is 11.6 Å². The van der Waals surface area contributed by atoms with Crippen LogP contribution in [0.3, 0.4) is 0 Å². The van der Waals surface area contributed by atoms with Crippen molar-refractivity contribution in [2.45, 2.75) is 6.61 Å². The van der Waals surface area contributed by atoms with Gasteiger partial charge in [0.1, 0.15) is 12.3 Å². The molecule has 1 heterocycles. The molecule has 1 fully saturated rings. The molecule has 3 amide bonds. The van der Waals surface area contributed by atoms with Crippen molar-refractivity contribution in [3.8, 4) is 17.6 Å². The van der Waals surface area contributed by atoms with Crippen LogP contribution in [-0.2, 0) is 11.4 Å². The quantitative estimate of drug-likeness (QED) is 0.418. The van der Waals surface area contributed by atoms with Gasteiger partial charge in [-0.05, 0) is 42.0 Å². The number of halogens is 1. The Bertz CT molecular complexity index is 1300. The van der Waals surface area contributed by atoms with E-state index in [9.17, 15) is 14.9 Å². The Kier molecular flexibility index (Phi) is 6.29. The number of carbonyl (C=O) groups excluding carboxylic acids is 2. The van der Waals surface area contributed by atoms with Crippen molar-refractivity contribution in [2.75, 3.05) is 12.0 Å². The highest BCUT2D eigenvalue weighted by atomic mass is 35.5. The van der Waals surface area contributed by atoms with Crippen molar-refractivity contribution in [3.05, 3.63) is 94.1 Å². The molecule has 3 aromatic carbocycles. The Morgan fingerprint density at radius 2 is 1.82 bits per heavy atom. The van der Waals surface area contributed by atoms with E-state index in [1.54, 1.807) is 60.7 Å². The minimum absolute atomic E-state index is 0.110. The van der Waals surface area contributed by atoms with E-state index in [2.05, 4.69) is 11.4 Å². The number of rotatable bonds is 6. The lowest BCUT2D eigenvalue weighted by Gasteiger charge is -2.14. The standard InChI is InChI=1S/C25H18ClN3O4/c1-32-22-13-16(11-20(26)23(22)33-15-18-8-6-5-7-17(18)14-27)12-21-24(30)29(25(31)28-21)19-9-3-2-4-10-19/h2-13H,15H2,1H3,(H,28,31)/b21-12+. The fourth-order valence-corrected chi connectivity index (χ4v) is 3.66. The minimum Gasteiger partial charge on any atom is -0.493 e. The number of amides is 3. The van der Waals surface area contributed by atoms with Gasteiger partial charge in [-0.15, -0.1) is 0 Å². The zero-order valence-corrected chi connectivity index (χ0v) is 18.3. The number of carbonyl (C=O) groups is 2. The average Bonchev–Trinajstić information content (AvgIpc) is 3.11. The lowest BCUT2D eigenvalue weighted by atomic mass is 10.1. The fourth-order valence-electron chi connectivity index (χ4n) is 3.38. The third-order valence-electron chi connectivity index (χ3n) is 4.97. The molecule has 1 saturated heterocycles. The van der Waals surface area contributed by atoms with E-state index in [0.717, 1.165) is 4.90 Å². The number of hydrogen-bond acceptors (Lipinski definition) is 5. The highest BCUT2D eigenvalue weighted by molar-refractivity contribution is 6.32. The van der Waals surface area contributed by atoms with Crippen LogP contribution in [0.25, 0.3) is 6.08 Å². The maximum Gasteiger partial charge on any atom is 0.333 e. The van der Waals surface area contributed by atoms with Gasteiger partial charge in [0.25, 0.3) is 5.91 Å². The van der Waals surface area contributed by atoms with Gasteiger partial charge in [0.2, 0.25) is 0 Å². The topological polar surface area (TPSA) is 91.7 Å². The summed E-state index contributed by atoms with van der Waals surface area (Å²) in [6.07, 6.45) is 1.52. The monoisotopic (exact) mass is 459 g/mol. The third-order valence-corrected chi connectivity index (χ3v) is 5.25. The molecule has 8 heteroatoms. The van der Waals surface area contributed by atoms with E-state index >= 15 is 0 Å². The number of nitrogens with zero attached hydrogens (tertiary/aromatic N) is 2. The molecule has 3 aromatic rings. The first kappa shape index (κ1) is 21.9. The number of anilines is 1. The van der Waals surface area contributed by atoms with Crippen molar-refractivity contribution < 1.29 is 19.1 Å². The number of ether oxygens (including phenoxy) is 2. The van der Waals surface area contributed by atoms with Crippen molar-refractivity contribution in [2.24, 2.45) is 0 Å². The third kappa shape index (κ3) is 4.52. The van der Waals surface area contributed by atoms with Crippen LogP contribution in [0.1, 0.15) is 16.7 Å². The SMILES string of the molecule is COc1cc(/C=C2/NC(=O)N(c3ccccc3)C2=O)cc(Cl)c1OCc1ccccc1C#N. The summed E-state index contributed by atoms with van der Waals surface area (Å²) >= 11 is 6.45. The van der Waals surface area contributed by atoms with Gasteiger partial charge in [-0.3, -0.25) is 4.79 Å². The molecule has 7 nitrogen and oxygen atoms in total. The Labute approximate surface area is 195 Å². The molecule has 0 saturated carbocycles. The number of imide groups is 1. The summed E-state index contributed by atoms with van der Waals surface area (Å²) in [5.41, 5.74) is 2.34. The van der Waals surface area contributed by atoms with Gasteiger partial charge in [0.15, 0.2) is 11.5 Å². The normalized spacial score (nSPS) is 14.2. The van der Waals surface area contributed by atoms with Gasteiger partial charge in [0, 0.05) is 5.56 Å². The van der Waals surface area contributed by atoms with E-state index in [-0.39, 0.29) is 17.3 Å². The van der Waals surface area contributed by atoms with Crippen molar-refractivity contribution in [1.29, 1.82) is 5.26 Å². The van der Waals surface area contributed by atoms with Crippen LogP contribution in [0.4, 0.5) is 10.5 Å². The Morgan fingerprint density at radius 1 is 1.09 bits per heavy atom. The molecular weight excluding hydrogens is 442 g/mol. The summed E-state index contributed by atoms with van der Waals surface area (Å²) in [5.74, 6) is 0.178. The summed E-state index contributed by atoms with van der Waals surface area (Å²) < 4.78 is 11.3. The molecule has 0 aromatic heterocycles. The molecule has 0 aliphatic carbocycles. The first-order valence-corrected chi connectivity index (χ1v) is 10.3. The molecule has 0 bridgehead atoms. The molecule has 1 aliphatic heterocycles. The van der Waals surface area contributed by atoms with Crippen LogP contribution in [0.2, 0.25) is 5.02 Å². The Hall–Kier alpha value is -4.28. The number of hydrogen-bond donors (Lipinski definition) is 1. The Balaban J connectivity index is 1.59. The number of nitrogens with one attached hydrogen (secondary N) is 1. The van der Waals surface area contributed by atoms with E-state index in [1.165, 1.54) is 13.2 Å². The van der Waals surface area contributed by atoms with Gasteiger partial charge >= 0.3 is 6.03 Å². The molecule has 33 heavy (non-hydrogen) atoms. The predicted molar refractivity (Wildman–Crippen MR) is 124 cm³/mol. The number of benzene rings is 3. The number of nitriles is 1. The average molecular weight is 460 g/mol. The molecule has 0 unspecified atom stereocenters. The van der Waals surface area contributed by atoms with Crippen molar-refractivity contribution >= 4 is 35.3 Å². The largest absolute Gasteiger partial charge is 0.493 e. The minimum atomic E-state index is -0.536. The second kappa shape index (κ2) is 9.47. The molecule has 4 rings (SSSR count). The van der Waals surface area contributed by atoms with E-state index in [1.807, 2.05) is 6.07 Å². The van der Waals surface area contributed by atoms with Crippen LogP contribution < -0.4 is 19.7 Å². The van der Waals surface area contributed by atoms with Crippen LogP contribution in [0, 0.1) is 11.3 Å².